The van der Waals surface area contributed by atoms with Crippen molar-refractivity contribution in [1.29, 1.82) is 0 Å². The number of aromatic amines is 1. The zero-order valence-electron chi connectivity index (χ0n) is 11.1. The number of rotatable bonds is 6. The van der Waals surface area contributed by atoms with Crippen LogP contribution < -0.4 is 10.6 Å². The lowest BCUT2D eigenvalue weighted by molar-refractivity contribution is 0.440. The fourth-order valence-corrected chi connectivity index (χ4v) is 2.53. The lowest BCUT2D eigenvalue weighted by Crippen LogP contribution is -2.35. The first-order valence-electron chi connectivity index (χ1n) is 6.76. The number of aromatic nitrogens is 1. The third-order valence-corrected chi connectivity index (χ3v) is 3.73. The maximum atomic E-state index is 3.58. The number of nitrogens with one attached hydrogen (secondary N) is 3. The Kier molecular flexibility index (Phi) is 4.24. The first-order chi connectivity index (χ1) is 8.18. The van der Waals surface area contributed by atoms with E-state index in [-0.39, 0.29) is 5.41 Å². The molecule has 1 atom stereocenters. The van der Waals surface area contributed by atoms with E-state index in [2.05, 4.69) is 41.6 Å². The topological polar surface area (TPSA) is 39.8 Å². The normalized spacial score (nSPS) is 20.9. The highest BCUT2D eigenvalue weighted by atomic mass is 15.0. The summed E-state index contributed by atoms with van der Waals surface area (Å²) in [5.74, 6) is 0. The second kappa shape index (κ2) is 5.69. The molecule has 3 nitrogen and oxygen atoms in total. The van der Waals surface area contributed by atoms with Crippen molar-refractivity contribution in [3.63, 3.8) is 0 Å². The molecule has 0 bridgehead atoms. The van der Waals surface area contributed by atoms with Gasteiger partial charge in [0.1, 0.15) is 0 Å². The van der Waals surface area contributed by atoms with E-state index >= 15 is 0 Å². The van der Waals surface area contributed by atoms with Crippen molar-refractivity contribution in [3.05, 3.63) is 24.0 Å². The summed E-state index contributed by atoms with van der Waals surface area (Å²) in [6.45, 7) is 7.90. The van der Waals surface area contributed by atoms with Gasteiger partial charge in [0.2, 0.25) is 0 Å². The van der Waals surface area contributed by atoms with Gasteiger partial charge in [-0.2, -0.15) is 0 Å². The third kappa shape index (κ3) is 3.58. The van der Waals surface area contributed by atoms with Gasteiger partial charge in [-0.3, -0.25) is 0 Å². The SMILES string of the molecule is CC(C)(CNCCC1CCCN1)c1ccc[nH]1. The molecule has 2 rings (SSSR count). The van der Waals surface area contributed by atoms with E-state index in [0.717, 1.165) is 19.1 Å². The van der Waals surface area contributed by atoms with Crippen LogP contribution in [0.3, 0.4) is 0 Å². The summed E-state index contributed by atoms with van der Waals surface area (Å²) in [4.78, 5) is 3.31. The van der Waals surface area contributed by atoms with Gasteiger partial charge in [0, 0.05) is 29.9 Å². The van der Waals surface area contributed by atoms with Crippen molar-refractivity contribution in [2.75, 3.05) is 19.6 Å². The first kappa shape index (κ1) is 12.7. The highest BCUT2D eigenvalue weighted by Crippen LogP contribution is 2.20. The standard InChI is InChI=1S/C14H25N3/c1-14(2,13-6-4-9-17-13)11-15-10-7-12-5-3-8-16-12/h4,6,9,12,15-17H,3,5,7-8,10-11H2,1-2H3. The number of hydrogen-bond donors (Lipinski definition) is 3. The molecule has 0 radical (unpaired) electrons. The van der Waals surface area contributed by atoms with Crippen LogP contribution >= 0.6 is 0 Å². The van der Waals surface area contributed by atoms with Gasteiger partial charge >= 0.3 is 0 Å². The van der Waals surface area contributed by atoms with Crippen LogP contribution in [0.2, 0.25) is 0 Å². The average molecular weight is 235 g/mol. The molecule has 96 valence electrons. The molecule has 0 aliphatic carbocycles. The van der Waals surface area contributed by atoms with Gasteiger partial charge in [-0.05, 0) is 44.5 Å². The minimum Gasteiger partial charge on any atom is -0.365 e. The summed E-state index contributed by atoms with van der Waals surface area (Å²) in [6.07, 6.45) is 5.95. The van der Waals surface area contributed by atoms with Gasteiger partial charge in [-0.1, -0.05) is 13.8 Å². The van der Waals surface area contributed by atoms with Crippen molar-refractivity contribution < 1.29 is 0 Å². The van der Waals surface area contributed by atoms with Crippen LogP contribution in [-0.2, 0) is 5.41 Å². The first-order valence-corrected chi connectivity index (χ1v) is 6.76. The quantitative estimate of drug-likeness (QED) is 0.660. The molecule has 0 spiro atoms. The molecule has 2 heterocycles. The molecule has 1 aromatic heterocycles. The van der Waals surface area contributed by atoms with Crippen LogP contribution in [0.15, 0.2) is 18.3 Å². The Bertz CT molecular complexity index is 310. The van der Waals surface area contributed by atoms with Gasteiger partial charge in [-0.15, -0.1) is 0 Å². The fraction of sp³-hybridized carbons (Fsp3) is 0.714. The molecule has 0 amide bonds. The highest BCUT2D eigenvalue weighted by Gasteiger charge is 2.21. The second-order valence-corrected chi connectivity index (χ2v) is 5.73. The minimum absolute atomic E-state index is 0.187. The summed E-state index contributed by atoms with van der Waals surface area (Å²) in [7, 11) is 0. The van der Waals surface area contributed by atoms with Gasteiger partial charge in [0.15, 0.2) is 0 Å². The lowest BCUT2D eigenvalue weighted by atomic mass is 9.89. The maximum absolute atomic E-state index is 3.58. The molecule has 1 fully saturated rings. The smallest absolute Gasteiger partial charge is 0.0217 e. The van der Waals surface area contributed by atoms with Crippen LogP contribution in [0.5, 0.6) is 0 Å². The zero-order valence-corrected chi connectivity index (χ0v) is 11.1. The van der Waals surface area contributed by atoms with E-state index in [1.165, 1.54) is 31.5 Å². The molecule has 1 aromatic rings. The molecule has 3 N–H and O–H groups in total. The van der Waals surface area contributed by atoms with E-state index in [1.54, 1.807) is 0 Å². The predicted molar refractivity (Wildman–Crippen MR) is 72.3 cm³/mol. The van der Waals surface area contributed by atoms with E-state index in [9.17, 15) is 0 Å². The highest BCUT2D eigenvalue weighted by molar-refractivity contribution is 5.15. The lowest BCUT2D eigenvalue weighted by Gasteiger charge is -2.24. The zero-order chi connectivity index (χ0) is 12.1. The summed E-state index contributed by atoms with van der Waals surface area (Å²) in [6, 6.07) is 4.98. The van der Waals surface area contributed by atoms with E-state index < -0.39 is 0 Å². The van der Waals surface area contributed by atoms with Gasteiger partial charge < -0.3 is 15.6 Å². The van der Waals surface area contributed by atoms with Crippen molar-refractivity contribution in [1.82, 2.24) is 15.6 Å². The third-order valence-electron chi connectivity index (χ3n) is 3.73. The second-order valence-electron chi connectivity index (χ2n) is 5.73. The van der Waals surface area contributed by atoms with Crippen LogP contribution in [0.4, 0.5) is 0 Å². The summed E-state index contributed by atoms with van der Waals surface area (Å²) in [5, 5.41) is 7.12. The van der Waals surface area contributed by atoms with Crippen LogP contribution in [0, 0.1) is 0 Å². The molecule has 17 heavy (non-hydrogen) atoms. The van der Waals surface area contributed by atoms with E-state index in [4.69, 9.17) is 0 Å². The van der Waals surface area contributed by atoms with Crippen molar-refractivity contribution >= 4 is 0 Å². The molecule has 0 aromatic carbocycles. The maximum Gasteiger partial charge on any atom is 0.0217 e. The number of hydrogen-bond acceptors (Lipinski definition) is 2. The Morgan fingerprint density at radius 1 is 1.47 bits per heavy atom. The van der Waals surface area contributed by atoms with Crippen LogP contribution in [0.25, 0.3) is 0 Å². The van der Waals surface area contributed by atoms with E-state index in [1.807, 2.05) is 6.20 Å². The molecule has 1 saturated heterocycles. The fourth-order valence-electron chi connectivity index (χ4n) is 2.53. The largest absolute Gasteiger partial charge is 0.365 e. The Balaban J connectivity index is 1.67. The Hall–Kier alpha value is -0.800. The Morgan fingerprint density at radius 2 is 2.35 bits per heavy atom. The monoisotopic (exact) mass is 235 g/mol. The Labute approximate surface area is 104 Å². The van der Waals surface area contributed by atoms with Gasteiger partial charge in [-0.25, -0.2) is 0 Å². The Morgan fingerprint density at radius 3 is 3.00 bits per heavy atom. The summed E-state index contributed by atoms with van der Waals surface area (Å²) < 4.78 is 0. The van der Waals surface area contributed by atoms with Crippen molar-refractivity contribution in [2.45, 2.75) is 44.6 Å². The molecule has 1 aliphatic rings. The van der Waals surface area contributed by atoms with Crippen LogP contribution in [-0.4, -0.2) is 30.7 Å². The molecule has 0 saturated carbocycles. The molecular formula is C14H25N3. The molecule has 3 heteroatoms. The minimum atomic E-state index is 0.187. The molecule has 1 unspecified atom stereocenters. The average Bonchev–Trinajstić information content (AvgIpc) is 2.97. The summed E-state index contributed by atoms with van der Waals surface area (Å²) in [5.41, 5.74) is 1.50. The molecular weight excluding hydrogens is 210 g/mol. The predicted octanol–water partition coefficient (Wildman–Crippen LogP) is 2.02. The summed E-state index contributed by atoms with van der Waals surface area (Å²) >= 11 is 0. The van der Waals surface area contributed by atoms with Gasteiger partial charge in [0.25, 0.3) is 0 Å². The van der Waals surface area contributed by atoms with Crippen molar-refractivity contribution in [3.8, 4) is 0 Å². The van der Waals surface area contributed by atoms with Crippen molar-refractivity contribution in [2.24, 2.45) is 0 Å². The van der Waals surface area contributed by atoms with Gasteiger partial charge in [0.05, 0.1) is 0 Å². The van der Waals surface area contributed by atoms with E-state index in [0.29, 0.717) is 0 Å². The van der Waals surface area contributed by atoms with Crippen LogP contribution in [0.1, 0.15) is 38.8 Å². The number of H-pyrrole nitrogens is 1. The molecule has 1 aliphatic heterocycles.